The minimum atomic E-state index is 0.173. The smallest absolute Gasteiger partial charge is 0.223 e. The van der Waals surface area contributed by atoms with Crippen molar-refractivity contribution in [1.82, 2.24) is 34.5 Å². The van der Waals surface area contributed by atoms with Gasteiger partial charge in [-0.1, -0.05) is 30.3 Å². The molecule has 0 saturated carbocycles. The second kappa shape index (κ2) is 6.27. The highest BCUT2D eigenvalue weighted by Crippen LogP contribution is 2.31. The molecule has 4 heterocycles. The summed E-state index contributed by atoms with van der Waals surface area (Å²) in [6, 6.07) is 16.0. The van der Waals surface area contributed by atoms with E-state index in [2.05, 4.69) is 37.3 Å². The van der Waals surface area contributed by atoms with E-state index in [9.17, 15) is 0 Å². The lowest BCUT2D eigenvalue weighted by molar-refractivity contribution is 0.983. The lowest BCUT2D eigenvalue weighted by Gasteiger charge is -2.07. The summed E-state index contributed by atoms with van der Waals surface area (Å²) in [6.45, 7) is 1.79. The summed E-state index contributed by atoms with van der Waals surface area (Å²) in [7, 11) is 0. The van der Waals surface area contributed by atoms with E-state index in [0.717, 1.165) is 28.2 Å². The van der Waals surface area contributed by atoms with E-state index in [1.165, 1.54) is 0 Å². The Hall–Kier alpha value is -4.07. The zero-order valence-electron chi connectivity index (χ0n) is 15.0. The summed E-state index contributed by atoms with van der Waals surface area (Å²) in [5.74, 6) is 1.19. The molecule has 0 spiro atoms. The van der Waals surface area contributed by atoms with Crippen LogP contribution in [0.15, 0.2) is 60.9 Å². The van der Waals surface area contributed by atoms with Gasteiger partial charge in [-0.25, -0.2) is 9.97 Å². The van der Waals surface area contributed by atoms with Crippen LogP contribution in [-0.4, -0.2) is 34.5 Å². The normalized spacial score (nSPS) is 11.2. The van der Waals surface area contributed by atoms with E-state index in [-0.39, 0.29) is 5.95 Å². The maximum Gasteiger partial charge on any atom is 0.223 e. The van der Waals surface area contributed by atoms with Crippen molar-refractivity contribution in [2.75, 3.05) is 5.73 Å². The largest absolute Gasteiger partial charge is 0.368 e. The highest BCUT2D eigenvalue weighted by Gasteiger charge is 2.20. The van der Waals surface area contributed by atoms with Gasteiger partial charge >= 0.3 is 0 Å². The van der Waals surface area contributed by atoms with Crippen molar-refractivity contribution >= 4 is 11.6 Å². The zero-order chi connectivity index (χ0) is 19.1. The van der Waals surface area contributed by atoms with Crippen LogP contribution < -0.4 is 5.73 Å². The first-order chi connectivity index (χ1) is 13.7. The van der Waals surface area contributed by atoms with Gasteiger partial charge in [-0.2, -0.15) is 15.1 Å². The molecule has 1 aromatic carbocycles. The minimum Gasteiger partial charge on any atom is -0.368 e. The first kappa shape index (κ1) is 16.1. The summed E-state index contributed by atoms with van der Waals surface area (Å²) < 4.78 is 1.98. The number of nitrogens with zero attached hydrogens (tertiary/aromatic N) is 6. The van der Waals surface area contributed by atoms with E-state index in [1.807, 2.05) is 47.0 Å². The van der Waals surface area contributed by atoms with Crippen molar-refractivity contribution in [2.24, 2.45) is 0 Å². The van der Waals surface area contributed by atoms with Crippen LogP contribution in [-0.2, 0) is 0 Å². The highest BCUT2D eigenvalue weighted by atomic mass is 15.1. The number of H-pyrrole nitrogens is 1. The number of nitrogens with two attached hydrogens (primary N) is 1. The Morgan fingerprint density at radius 2 is 1.75 bits per heavy atom. The van der Waals surface area contributed by atoms with Crippen molar-refractivity contribution in [3.05, 3.63) is 66.7 Å². The number of imidazole rings is 1. The average molecular weight is 368 g/mol. The number of aromatic nitrogens is 7. The number of benzene rings is 1. The van der Waals surface area contributed by atoms with E-state index in [1.54, 1.807) is 13.1 Å². The first-order valence-electron chi connectivity index (χ1n) is 8.75. The molecular weight excluding hydrogens is 352 g/mol. The van der Waals surface area contributed by atoms with Gasteiger partial charge in [0.25, 0.3) is 0 Å². The molecule has 0 bridgehead atoms. The molecule has 0 saturated heterocycles. The fourth-order valence-electron chi connectivity index (χ4n) is 3.24. The molecule has 136 valence electrons. The van der Waals surface area contributed by atoms with E-state index < -0.39 is 0 Å². The Morgan fingerprint density at radius 3 is 2.50 bits per heavy atom. The SMILES string of the molecule is Cc1nc(N)nc(-c2c(-c3ccn[nH]3)nc3ccc(-c4ccccc4)cn23)n1. The Balaban J connectivity index is 1.82. The Morgan fingerprint density at radius 1 is 0.893 bits per heavy atom. The van der Waals surface area contributed by atoms with Crippen LogP contribution in [0.1, 0.15) is 5.82 Å². The molecule has 8 heteroatoms. The van der Waals surface area contributed by atoms with Gasteiger partial charge in [0.2, 0.25) is 5.95 Å². The molecule has 28 heavy (non-hydrogen) atoms. The third-order valence-corrected chi connectivity index (χ3v) is 4.46. The molecule has 0 radical (unpaired) electrons. The van der Waals surface area contributed by atoms with Crippen molar-refractivity contribution in [3.8, 4) is 34.0 Å². The van der Waals surface area contributed by atoms with Crippen LogP contribution >= 0.6 is 0 Å². The molecule has 0 aliphatic rings. The predicted octanol–water partition coefficient (Wildman–Crippen LogP) is 3.13. The average Bonchev–Trinajstić information content (AvgIpc) is 3.35. The third-order valence-electron chi connectivity index (χ3n) is 4.46. The number of aryl methyl sites for hydroxylation is 1. The number of pyridine rings is 1. The van der Waals surface area contributed by atoms with Crippen LogP contribution in [0.3, 0.4) is 0 Å². The number of anilines is 1. The van der Waals surface area contributed by atoms with Crippen molar-refractivity contribution in [3.63, 3.8) is 0 Å². The zero-order valence-corrected chi connectivity index (χ0v) is 15.0. The van der Waals surface area contributed by atoms with Crippen molar-refractivity contribution < 1.29 is 0 Å². The monoisotopic (exact) mass is 368 g/mol. The number of nitrogens with one attached hydrogen (secondary N) is 1. The standard InChI is InChI=1S/C20H16N8/c1-12-23-19(26-20(21)24-12)18-17(15-9-10-22-27-15)25-16-8-7-14(11-28(16)18)13-5-3-2-4-6-13/h2-11H,1H3,(H,22,27)(H2,21,23,24,26). The summed E-state index contributed by atoms with van der Waals surface area (Å²) in [6.07, 6.45) is 3.72. The molecule has 0 atom stereocenters. The van der Waals surface area contributed by atoms with Gasteiger partial charge in [-0.15, -0.1) is 0 Å². The van der Waals surface area contributed by atoms with Crippen LogP contribution in [0.2, 0.25) is 0 Å². The lowest BCUT2D eigenvalue weighted by Crippen LogP contribution is -2.04. The topological polar surface area (TPSA) is 111 Å². The fourth-order valence-corrected chi connectivity index (χ4v) is 3.24. The molecule has 4 aromatic heterocycles. The maximum atomic E-state index is 5.89. The number of rotatable bonds is 3. The summed E-state index contributed by atoms with van der Waals surface area (Å²) in [5, 5.41) is 7.02. The first-order valence-corrected chi connectivity index (χ1v) is 8.75. The summed E-state index contributed by atoms with van der Waals surface area (Å²) in [4.78, 5) is 17.7. The number of hydrogen-bond acceptors (Lipinski definition) is 6. The Labute approximate surface area is 160 Å². The summed E-state index contributed by atoms with van der Waals surface area (Å²) in [5.41, 5.74) is 11.0. The summed E-state index contributed by atoms with van der Waals surface area (Å²) >= 11 is 0. The van der Waals surface area contributed by atoms with Crippen molar-refractivity contribution in [2.45, 2.75) is 6.92 Å². The number of fused-ring (bicyclic) bond motifs is 1. The molecule has 5 rings (SSSR count). The van der Waals surface area contributed by atoms with Gasteiger partial charge in [-0.3, -0.25) is 9.50 Å². The van der Waals surface area contributed by atoms with Gasteiger partial charge in [0.1, 0.15) is 22.9 Å². The van der Waals surface area contributed by atoms with Crippen LogP contribution in [0, 0.1) is 6.92 Å². The Kier molecular flexibility index (Phi) is 3.61. The molecule has 0 aliphatic heterocycles. The molecule has 0 fully saturated rings. The Bertz CT molecular complexity index is 1250. The van der Waals surface area contributed by atoms with Gasteiger partial charge in [-0.05, 0) is 36.2 Å². The second-order valence-corrected chi connectivity index (χ2v) is 6.36. The number of aromatic amines is 1. The molecule has 8 nitrogen and oxygen atoms in total. The molecular formula is C20H16N8. The molecule has 0 unspecified atom stereocenters. The maximum absolute atomic E-state index is 5.89. The van der Waals surface area contributed by atoms with E-state index in [0.29, 0.717) is 17.3 Å². The minimum absolute atomic E-state index is 0.173. The molecule has 0 aliphatic carbocycles. The molecule has 3 N–H and O–H groups in total. The predicted molar refractivity (Wildman–Crippen MR) is 106 cm³/mol. The van der Waals surface area contributed by atoms with E-state index in [4.69, 9.17) is 10.7 Å². The van der Waals surface area contributed by atoms with Gasteiger partial charge in [0.15, 0.2) is 5.82 Å². The van der Waals surface area contributed by atoms with E-state index >= 15 is 0 Å². The molecule has 0 amide bonds. The fraction of sp³-hybridized carbons (Fsp3) is 0.0500. The number of nitrogen functional groups attached to an aromatic ring is 1. The lowest BCUT2D eigenvalue weighted by atomic mass is 10.1. The molecule has 5 aromatic rings. The van der Waals surface area contributed by atoms with Gasteiger partial charge in [0.05, 0.1) is 5.69 Å². The van der Waals surface area contributed by atoms with Crippen LogP contribution in [0.5, 0.6) is 0 Å². The number of hydrogen-bond donors (Lipinski definition) is 2. The highest BCUT2D eigenvalue weighted by molar-refractivity contribution is 5.78. The van der Waals surface area contributed by atoms with Gasteiger partial charge < -0.3 is 5.73 Å². The third kappa shape index (κ3) is 2.67. The second-order valence-electron chi connectivity index (χ2n) is 6.36. The van der Waals surface area contributed by atoms with Gasteiger partial charge in [0, 0.05) is 12.4 Å². The van der Waals surface area contributed by atoms with Crippen LogP contribution in [0.25, 0.3) is 39.7 Å². The van der Waals surface area contributed by atoms with Crippen LogP contribution in [0.4, 0.5) is 5.95 Å². The quantitative estimate of drug-likeness (QED) is 0.506. The van der Waals surface area contributed by atoms with Crippen molar-refractivity contribution in [1.29, 1.82) is 0 Å².